The number of fused-ring (bicyclic) bond motifs is 1. The molecule has 0 spiro atoms. The van der Waals surface area contributed by atoms with Crippen molar-refractivity contribution in [3.8, 4) is 23.0 Å². The summed E-state index contributed by atoms with van der Waals surface area (Å²) in [5.41, 5.74) is 17.6. The summed E-state index contributed by atoms with van der Waals surface area (Å²) in [6.45, 7) is -0.119. The van der Waals surface area contributed by atoms with E-state index in [1.807, 2.05) is 72.8 Å². The number of ether oxygens (including phenoxy) is 3. The monoisotopic (exact) mass is 535 g/mol. The fraction of sp³-hybridized carbons (Fsp3) is 0.0968. The number of benzene rings is 3. The Labute approximate surface area is 231 Å². The lowest BCUT2D eigenvalue weighted by Gasteiger charge is -2.17. The Hall–Kier alpha value is -5.28. The number of dihydropyridines is 1. The average Bonchev–Trinajstić information content (AvgIpc) is 3.01. The molecule has 202 valence electrons. The van der Waals surface area contributed by atoms with Crippen LogP contribution < -0.4 is 31.0 Å². The normalized spacial score (nSPS) is 14.4. The number of aliphatic hydroxyl groups is 1. The third kappa shape index (κ3) is 5.45. The van der Waals surface area contributed by atoms with Crippen molar-refractivity contribution < 1.29 is 19.3 Å². The lowest BCUT2D eigenvalue weighted by Crippen LogP contribution is -2.22. The molecule has 0 saturated carbocycles. The average molecular weight is 536 g/mol. The van der Waals surface area contributed by atoms with Gasteiger partial charge in [-0.15, -0.1) is 0 Å². The third-order valence-corrected chi connectivity index (χ3v) is 6.33. The molecule has 1 aromatic heterocycles. The first-order chi connectivity index (χ1) is 19.5. The van der Waals surface area contributed by atoms with Crippen molar-refractivity contribution in [2.45, 2.75) is 0 Å². The van der Waals surface area contributed by atoms with Gasteiger partial charge in [-0.1, -0.05) is 30.3 Å². The van der Waals surface area contributed by atoms with E-state index in [2.05, 4.69) is 15.3 Å². The molecule has 0 fully saturated rings. The minimum atomic E-state index is -0.119. The number of aromatic nitrogens is 1. The Morgan fingerprint density at radius 1 is 0.925 bits per heavy atom. The molecule has 4 aromatic rings. The van der Waals surface area contributed by atoms with E-state index in [9.17, 15) is 5.11 Å². The molecule has 0 atom stereocenters. The molecule has 0 radical (unpaired) electrons. The fourth-order valence-corrected chi connectivity index (χ4v) is 4.30. The van der Waals surface area contributed by atoms with Crippen LogP contribution in [0.1, 0.15) is 11.1 Å². The Kier molecular flexibility index (Phi) is 7.65. The minimum absolute atomic E-state index is 0.119. The second kappa shape index (κ2) is 11.6. The van der Waals surface area contributed by atoms with Gasteiger partial charge in [0.2, 0.25) is 0 Å². The van der Waals surface area contributed by atoms with Gasteiger partial charge in [0.25, 0.3) is 0 Å². The van der Waals surface area contributed by atoms with Crippen molar-refractivity contribution in [2.75, 3.05) is 20.8 Å². The van der Waals surface area contributed by atoms with Gasteiger partial charge in [-0.3, -0.25) is 4.98 Å². The molecule has 0 saturated heterocycles. The molecule has 1 aliphatic heterocycles. The van der Waals surface area contributed by atoms with Crippen LogP contribution in [0.5, 0.6) is 23.0 Å². The molecule has 6 N–H and O–H groups in total. The van der Waals surface area contributed by atoms with E-state index < -0.39 is 0 Å². The zero-order chi connectivity index (χ0) is 28.1. The summed E-state index contributed by atoms with van der Waals surface area (Å²) in [6, 6.07) is 20.2. The SMILES string of the molecule is COc1cc2nccc(Oc3ccc(N=C(N)c4ccccc4/C(N)=C4/C=CC=C(CO)N4)cc3)c2cc1OC. The van der Waals surface area contributed by atoms with Gasteiger partial charge in [-0.25, -0.2) is 4.99 Å². The zero-order valence-corrected chi connectivity index (χ0v) is 22.1. The molecule has 2 heterocycles. The molecule has 1 aliphatic rings. The summed E-state index contributed by atoms with van der Waals surface area (Å²) in [6.07, 6.45) is 7.14. The van der Waals surface area contributed by atoms with E-state index in [1.165, 1.54) is 0 Å². The number of nitrogens with zero attached hydrogens (tertiary/aromatic N) is 2. The van der Waals surface area contributed by atoms with Crippen molar-refractivity contribution in [3.63, 3.8) is 0 Å². The first kappa shape index (κ1) is 26.3. The van der Waals surface area contributed by atoms with Gasteiger partial charge in [0.05, 0.1) is 43.4 Å². The number of hydrogen-bond donors (Lipinski definition) is 4. The van der Waals surface area contributed by atoms with E-state index in [-0.39, 0.29) is 6.61 Å². The molecule has 5 rings (SSSR count). The highest BCUT2D eigenvalue weighted by Gasteiger charge is 2.14. The van der Waals surface area contributed by atoms with Crippen LogP contribution in [0, 0.1) is 0 Å². The molecule has 3 aromatic carbocycles. The Morgan fingerprint density at radius 2 is 1.65 bits per heavy atom. The topological polar surface area (TPSA) is 137 Å². The number of aliphatic imine (C=N–C) groups is 1. The van der Waals surface area contributed by atoms with E-state index >= 15 is 0 Å². The van der Waals surface area contributed by atoms with Crippen LogP contribution in [0.4, 0.5) is 5.69 Å². The molecule has 0 amide bonds. The lowest BCUT2D eigenvalue weighted by atomic mass is 10.0. The summed E-state index contributed by atoms with van der Waals surface area (Å²) < 4.78 is 17.0. The molecule has 0 unspecified atom stereocenters. The number of nitrogens with one attached hydrogen (secondary N) is 1. The highest BCUT2D eigenvalue weighted by molar-refractivity contribution is 6.03. The van der Waals surface area contributed by atoms with Crippen LogP contribution in [0.2, 0.25) is 0 Å². The maximum absolute atomic E-state index is 9.47. The van der Waals surface area contributed by atoms with Crippen LogP contribution >= 0.6 is 0 Å². The summed E-state index contributed by atoms with van der Waals surface area (Å²) in [4.78, 5) is 9.04. The number of aliphatic hydroxyl groups excluding tert-OH is 1. The van der Waals surface area contributed by atoms with Gasteiger partial charge >= 0.3 is 0 Å². The van der Waals surface area contributed by atoms with Crippen LogP contribution in [0.3, 0.4) is 0 Å². The Bertz CT molecular complexity index is 1670. The standard InChI is InChI=1S/C31H29N5O4/c1-38-28-16-24-26(17-29(28)39-2)34-15-14-27(24)40-21-12-10-19(11-13-21)36-31(33)23-8-4-3-7-22(23)30(32)25-9-5-6-20(18-37)35-25/h3-17,35,37H,18,32H2,1-2H3,(H2,33,36)/b30-25+. The minimum Gasteiger partial charge on any atom is -0.493 e. The summed E-state index contributed by atoms with van der Waals surface area (Å²) in [7, 11) is 3.17. The molecule has 0 aliphatic carbocycles. The van der Waals surface area contributed by atoms with Gasteiger partial charge < -0.3 is 36.1 Å². The van der Waals surface area contributed by atoms with Crippen LogP contribution in [-0.4, -0.2) is 36.8 Å². The number of amidine groups is 1. The van der Waals surface area contributed by atoms with E-state index in [0.29, 0.717) is 57.2 Å². The summed E-state index contributed by atoms with van der Waals surface area (Å²) in [5.74, 6) is 2.75. The maximum Gasteiger partial charge on any atom is 0.162 e. The summed E-state index contributed by atoms with van der Waals surface area (Å²) in [5, 5.41) is 13.4. The number of nitrogens with two attached hydrogens (primary N) is 2. The number of methoxy groups -OCH3 is 2. The molecule has 0 bridgehead atoms. The second-order valence-corrected chi connectivity index (χ2v) is 8.83. The Balaban J connectivity index is 1.39. The number of hydrogen-bond acceptors (Lipinski definition) is 8. The molecule has 40 heavy (non-hydrogen) atoms. The lowest BCUT2D eigenvalue weighted by molar-refractivity contribution is 0.324. The van der Waals surface area contributed by atoms with Crippen LogP contribution in [0.25, 0.3) is 16.6 Å². The maximum atomic E-state index is 9.47. The smallest absolute Gasteiger partial charge is 0.162 e. The zero-order valence-electron chi connectivity index (χ0n) is 22.1. The first-order valence-electron chi connectivity index (χ1n) is 12.5. The van der Waals surface area contributed by atoms with Gasteiger partial charge in [0, 0.05) is 34.5 Å². The fourth-order valence-electron chi connectivity index (χ4n) is 4.30. The predicted octanol–water partition coefficient (Wildman–Crippen LogP) is 4.74. The largest absolute Gasteiger partial charge is 0.493 e. The van der Waals surface area contributed by atoms with Crippen molar-refractivity contribution in [1.82, 2.24) is 10.3 Å². The van der Waals surface area contributed by atoms with Crippen molar-refractivity contribution in [2.24, 2.45) is 16.5 Å². The summed E-state index contributed by atoms with van der Waals surface area (Å²) >= 11 is 0. The highest BCUT2D eigenvalue weighted by atomic mass is 16.5. The first-order valence-corrected chi connectivity index (χ1v) is 12.5. The molecular formula is C31H29N5O4. The third-order valence-electron chi connectivity index (χ3n) is 6.33. The van der Waals surface area contributed by atoms with Gasteiger partial charge in [0.1, 0.15) is 17.3 Å². The van der Waals surface area contributed by atoms with Gasteiger partial charge in [0.15, 0.2) is 11.5 Å². The van der Waals surface area contributed by atoms with Crippen molar-refractivity contribution in [1.29, 1.82) is 0 Å². The van der Waals surface area contributed by atoms with E-state index in [0.717, 1.165) is 16.5 Å². The van der Waals surface area contributed by atoms with Crippen LogP contribution in [0.15, 0.2) is 108 Å². The molecule has 9 nitrogen and oxygen atoms in total. The van der Waals surface area contributed by atoms with Gasteiger partial charge in [-0.2, -0.15) is 0 Å². The molecular weight excluding hydrogens is 506 g/mol. The Morgan fingerprint density at radius 3 is 2.38 bits per heavy atom. The second-order valence-electron chi connectivity index (χ2n) is 8.83. The molecule has 9 heteroatoms. The van der Waals surface area contributed by atoms with Crippen LogP contribution in [-0.2, 0) is 0 Å². The predicted molar refractivity (Wildman–Crippen MR) is 157 cm³/mol. The highest BCUT2D eigenvalue weighted by Crippen LogP contribution is 2.37. The quantitative estimate of drug-likeness (QED) is 0.188. The van der Waals surface area contributed by atoms with Crippen molar-refractivity contribution in [3.05, 3.63) is 114 Å². The van der Waals surface area contributed by atoms with E-state index in [4.69, 9.17) is 25.7 Å². The van der Waals surface area contributed by atoms with E-state index in [1.54, 1.807) is 32.6 Å². The number of pyridine rings is 1. The van der Waals surface area contributed by atoms with Crippen molar-refractivity contribution >= 4 is 28.1 Å². The number of rotatable bonds is 8. The van der Waals surface area contributed by atoms with Gasteiger partial charge in [-0.05, 0) is 48.6 Å². The number of allylic oxidation sites excluding steroid dienone is 3.